The number of hydrogen-bond acceptors (Lipinski definition) is 1. The molecule has 7 heavy (non-hydrogen) atoms. The van der Waals surface area contributed by atoms with Gasteiger partial charge in [-0.25, -0.2) is 0 Å². The first-order chi connectivity index (χ1) is 3.41. The Balaban J connectivity index is 3.08. The molecule has 0 aromatic heterocycles. The van der Waals surface area contributed by atoms with Gasteiger partial charge in [0.15, 0.2) is 0 Å². The summed E-state index contributed by atoms with van der Waals surface area (Å²) in [5, 5.41) is 6.57. The predicted octanol–water partition coefficient (Wildman–Crippen LogP) is 1.77. The van der Waals surface area contributed by atoms with E-state index in [4.69, 9.17) is 5.41 Å². The predicted molar refractivity (Wildman–Crippen MR) is 32.7 cm³/mol. The van der Waals surface area contributed by atoms with E-state index < -0.39 is 0 Å². The van der Waals surface area contributed by atoms with Gasteiger partial charge < -0.3 is 5.41 Å². The Morgan fingerprint density at radius 2 is 2.29 bits per heavy atom. The van der Waals surface area contributed by atoms with Crippen molar-refractivity contribution in [1.29, 1.82) is 5.41 Å². The van der Waals surface area contributed by atoms with Gasteiger partial charge in [0, 0.05) is 6.42 Å². The zero-order chi connectivity index (χ0) is 5.54. The maximum Gasteiger partial charge on any atom is 0.000294 e. The molecule has 0 saturated carbocycles. The summed E-state index contributed by atoms with van der Waals surface area (Å²) in [6.45, 7) is 3.47. The maximum atomic E-state index is 6.57. The van der Waals surface area contributed by atoms with Crippen LogP contribution in [0.3, 0.4) is 0 Å². The highest BCUT2D eigenvalue weighted by atomic mass is 14.3. The lowest BCUT2D eigenvalue weighted by molar-refractivity contribution is 1.44. The number of nitrogens with one attached hydrogen (secondary N) is 1. The van der Waals surface area contributed by atoms with Crippen molar-refractivity contribution in [3.05, 3.63) is 24.8 Å². The molecule has 0 bridgehead atoms. The molecule has 0 aliphatic rings. The minimum Gasteiger partial charge on any atom is -0.313 e. The van der Waals surface area contributed by atoms with Crippen LogP contribution in [0, 0.1) is 5.41 Å². The monoisotopic (exact) mass is 95.1 g/mol. The smallest absolute Gasteiger partial charge is 0.000294 e. The highest BCUT2D eigenvalue weighted by Crippen LogP contribution is 1.75. The van der Waals surface area contributed by atoms with Crippen LogP contribution in [0.5, 0.6) is 0 Å². The molecule has 0 aromatic rings. The van der Waals surface area contributed by atoms with Crippen LogP contribution in [0.4, 0.5) is 0 Å². The van der Waals surface area contributed by atoms with E-state index in [1.807, 2.05) is 12.2 Å². The summed E-state index contributed by atoms with van der Waals surface area (Å²) in [6.07, 6.45) is 7.46. The summed E-state index contributed by atoms with van der Waals surface area (Å²) in [7, 11) is 0. The summed E-state index contributed by atoms with van der Waals surface area (Å²) < 4.78 is 0. The molecule has 0 rings (SSSR count). The van der Waals surface area contributed by atoms with Gasteiger partial charge in [0.2, 0.25) is 0 Å². The largest absolute Gasteiger partial charge is 0.313 e. The van der Waals surface area contributed by atoms with E-state index in [9.17, 15) is 0 Å². The SMILES string of the molecule is C=C/C=C\CC=N. The van der Waals surface area contributed by atoms with E-state index in [0.29, 0.717) is 6.42 Å². The third kappa shape index (κ3) is 5.15. The van der Waals surface area contributed by atoms with Gasteiger partial charge in [-0.1, -0.05) is 24.8 Å². The molecule has 0 radical (unpaired) electrons. The lowest BCUT2D eigenvalue weighted by Gasteiger charge is -1.70. The summed E-state index contributed by atoms with van der Waals surface area (Å²) in [5.41, 5.74) is 0. The summed E-state index contributed by atoms with van der Waals surface area (Å²) in [6, 6.07) is 0. The van der Waals surface area contributed by atoms with Crippen molar-refractivity contribution in [3.8, 4) is 0 Å². The minimum atomic E-state index is 0.714. The fraction of sp³-hybridized carbons (Fsp3) is 0.167. The molecule has 0 atom stereocenters. The van der Waals surface area contributed by atoms with E-state index >= 15 is 0 Å². The minimum absolute atomic E-state index is 0.714. The molecule has 0 aliphatic carbocycles. The van der Waals surface area contributed by atoms with Crippen molar-refractivity contribution in [2.45, 2.75) is 6.42 Å². The normalized spacial score (nSPS) is 9.14. The molecular formula is C6H9N. The van der Waals surface area contributed by atoms with Crippen molar-refractivity contribution in [3.63, 3.8) is 0 Å². The standard InChI is InChI=1S/C6H9N/c1-2-3-4-5-6-7/h2-4,6-7H,1,5H2/b4-3-,7-6?. The Kier molecular flexibility index (Phi) is 4.52. The first kappa shape index (κ1) is 6.15. The lowest BCUT2D eigenvalue weighted by atomic mass is 10.4. The molecule has 0 saturated heterocycles. The molecule has 1 heteroatoms. The third-order valence-corrected chi connectivity index (χ3v) is 0.526. The first-order valence-electron chi connectivity index (χ1n) is 2.18. The average Bonchev–Trinajstić information content (AvgIpc) is 1.69. The van der Waals surface area contributed by atoms with Crippen molar-refractivity contribution in [1.82, 2.24) is 0 Å². The van der Waals surface area contributed by atoms with Crippen molar-refractivity contribution in [2.75, 3.05) is 0 Å². The Bertz CT molecular complexity index is 82.2. The average molecular weight is 95.1 g/mol. The van der Waals surface area contributed by atoms with Crippen LogP contribution in [0.15, 0.2) is 24.8 Å². The van der Waals surface area contributed by atoms with E-state index in [2.05, 4.69) is 6.58 Å². The van der Waals surface area contributed by atoms with Crippen LogP contribution in [-0.2, 0) is 0 Å². The van der Waals surface area contributed by atoms with Gasteiger partial charge >= 0.3 is 0 Å². The first-order valence-corrected chi connectivity index (χ1v) is 2.18. The number of hydrogen-bond donors (Lipinski definition) is 1. The fourth-order valence-corrected chi connectivity index (χ4v) is 0.243. The molecule has 1 N–H and O–H groups in total. The second-order valence-corrected chi connectivity index (χ2v) is 1.10. The molecule has 1 nitrogen and oxygen atoms in total. The topological polar surface area (TPSA) is 23.9 Å². The van der Waals surface area contributed by atoms with Gasteiger partial charge in [-0.2, -0.15) is 0 Å². The molecular weight excluding hydrogens is 86.1 g/mol. The Morgan fingerprint density at radius 3 is 2.71 bits per heavy atom. The molecule has 0 aliphatic heterocycles. The Hall–Kier alpha value is -0.850. The number of rotatable bonds is 3. The van der Waals surface area contributed by atoms with E-state index in [1.54, 1.807) is 6.08 Å². The Morgan fingerprint density at radius 1 is 1.57 bits per heavy atom. The highest BCUT2D eigenvalue weighted by Gasteiger charge is 1.61. The van der Waals surface area contributed by atoms with Gasteiger partial charge in [-0.05, 0) is 6.21 Å². The van der Waals surface area contributed by atoms with Gasteiger partial charge in [0.25, 0.3) is 0 Å². The van der Waals surface area contributed by atoms with Gasteiger partial charge in [0.1, 0.15) is 0 Å². The molecule has 38 valence electrons. The van der Waals surface area contributed by atoms with E-state index in [0.717, 1.165) is 0 Å². The molecule has 0 fully saturated rings. The van der Waals surface area contributed by atoms with Crippen LogP contribution < -0.4 is 0 Å². The molecule has 0 heterocycles. The van der Waals surface area contributed by atoms with Crippen LogP contribution in [0.1, 0.15) is 6.42 Å². The van der Waals surface area contributed by atoms with Gasteiger partial charge in [0.05, 0.1) is 0 Å². The summed E-state index contributed by atoms with van der Waals surface area (Å²) >= 11 is 0. The van der Waals surface area contributed by atoms with Crippen molar-refractivity contribution in [2.24, 2.45) is 0 Å². The zero-order valence-corrected chi connectivity index (χ0v) is 4.22. The highest BCUT2D eigenvalue weighted by molar-refractivity contribution is 5.55. The quantitative estimate of drug-likeness (QED) is 0.408. The van der Waals surface area contributed by atoms with E-state index in [-0.39, 0.29) is 0 Å². The van der Waals surface area contributed by atoms with Gasteiger partial charge in [-0.15, -0.1) is 0 Å². The van der Waals surface area contributed by atoms with Crippen LogP contribution in [0.2, 0.25) is 0 Å². The van der Waals surface area contributed by atoms with Crippen molar-refractivity contribution < 1.29 is 0 Å². The zero-order valence-electron chi connectivity index (χ0n) is 4.22. The molecule has 0 aromatic carbocycles. The van der Waals surface area contributed by atoms with Crippen LogP contribution in [-0.4, -0.2) is 6.21 Å². The second kappa shape index (κ2) is 5.15. The molecule has 0 unspecified atom stereocenters. The maximum absolute atomic E-state index is 6.57. The van der Waals surface area contributed by atoms with Crippen LogP contribution in [0.25, 0.3) is 0 Å². The lowest BCUT2D eigenvalue weighted by Crippen LogP contribution is -1.60. The summed E-state index contributed by atoms with van der Waals surface area (Å²) in [5.74, 6) is 0. The molecule has 0 spiro atoms. The van der Waals surface area contributed by atoms with E-state index in [1.165, 1.54) is 6.21 Å². The summed E-state index contributed by atoms with van der Waals surface area (Å²) in [4.78, 5) is 0. The number of allylic oxidation sites excluding steroid dienone is 3. The fourth-order valence-electron chi connectivity index (χ4n) is 0.243. The van der Waals surface area contributed by atoms with Crippen molar-refractivity contribution >= 4 is 6.21 Å². The van der Waals surface area contributed by atoms with Gasteiger partial charge in [-0.3, -0.25) is 0 Å². The third-order valence-electron chi connectivity index (χ3n) is 0.526. The molecule has 0 amide bonds. The Labute approximate surface area is 43.9 Å². The van der Waals surface area contributed by atoms with Crippen LogP contribution >= 0.6 is 0 Å². The second-order valence-electron chi connectivity index (χ2n) is 1.10.